The maximum Gasteiger partial charge on any atom is 0.319 e. The highest BCUT2D eigenvalue weighted by Gasteiger charge is 2.14. The zero-order valence-corrected chi connectivity index (χ0v) is 16.5. The first-order valence-corrected chi connectivity index (χ1v) is 10.3. The molecule has 0 heterocycles. The summed E-state index contributed by atoms with van der Waals surface area (Å²) in [5.41, 5.74) is 1.25. The van der Waals surface area contributed by atoms with Gasteiger partial charge in [0.2, 0.25) is 10.0 Å². The van der Waals surface area contributed by atoms with Crippen LogP contribution in [0.4, 0.5) is 16.2 Å². The Morgan fingerprint density at radius 3 is 2.31 bits per heavy atom. The van der Waals surface area contributed by atoms with E-state index in [4.69, 9.17) is 5.26 Å². The summed E-state index contributed by atoms with van der Waals surface area (Å²) in [6.45, 7) is 2.30. The molecule has 2 aromatic carbocycles. The molecule has 0 saturated heterocycles. The Labute approximate surface area is 169 Å². The van der Waals surface area contributed by atoms with E-state index in [0.717, 1.165) is 0 Å². The van der Waals surface area contributed by atoms with Crippen molar-refractivity contribution < 1.29 is 18.0 Å². The lowest BCUT2D eigenvalue weighted by Crippen LogP contribution is -2.28. The van der Waals surface area contributed by atoms with Crippen LogP contribution in [0.25, 0.3) is 0 Å². The van der Waals surface area contributed by atoms with E-state index in [0.29, 0.717) is 17.9 Å². The second kappa shape index (κ2) is 10.2. The van der Waals surface area contributed by atoms with Gasteiger partial charge in [-0.2, -0.15) is 5.26 Å². The average Bonchev–Trinajstić information content (AvgIpc) is 2.68. The lowest BCUT2D eigenvalue weighted by atomic mass is 10.2. The smallest absolute Gasteiger partial charge is 0.319 e. The maximum atomic E-state index is 12.4. The number of sulfonamides is 1. The van der Waals surface area contributed by atoms with Crippen molar-refractivity contribution in [2.24, 2.45) is 0 Å². The molecule has 0 aliphatic carbocycles. The van der Waals surface area contributed by atoms with Crippen molar-refractivity contribution >= 4 is 33.3 Å². The van der Waals surface area contributed by atoms with Gasteiger partial charge >= 0.3 is 6.03 Å². The first kappa shape index (κ1) is 21.9. The zero-order chi connectivity index (χ0) is 21.3. The van der Waals surface area contributed by atoms with Crippen LogP contribution in [0.15, 0.2) is 53.4 Å². The highest BCUT2D eigenvalue weighted by Crippen LogP contribution is 2.17. The topological polar surface area (TPSA) is 140 Å². The van der Waals surface area contributed by atoms with E-state index in [1.165, 1.54) is 24.3 Å². The lowest BCUT2D eigenvalue weighted by molar-refractivity contribution is 0.102. The fourth-order valence-electron chi connectivity index (χ4n) is 2.32. The standard InChI is InChI=1S/C19H21N5O4S/c1-2-21-19(26)24-16-6-3-5-15(13-16)23-18(25)14-7-9-17(10-8-14)29(27,28)22-12-4-11-20/h3,5-10,13,22H,2,4,12H2,1H3,(H,23,25)(H2,21,24,26). The Bertz CT molecular complexity index is 1010. The second-order valence-electron chi connectivity index (χ2n) is 5.85. The second-order valence-corrected chi connectivity index (χ2v) is 7.62. The number of amides is 3. The molecule has 152 valence electrons. The summed E-state index contributed by atoms with van der Waals surface area (Å²) in [7, 11) is -3.73. The maximum absolute atomic E-state index is 12.4. The van der Waals surface area contributed by atoms with Crippen molar-refractivity contribution in [1.29, 1.82) is 5.26 Å². The van der Waals surface area contributed by atoms with E-state index >= 15 is 0 Å². The Morgan fingerprint density at radius 2 is 1.69 bits per heavy atom. The van der Waals surface area contributed by atoms with Crippen LogP contribution in [0.2, 0.25) is 0 Å². The SMILES string of the molecule is CCNC(=O)Nc1cccc(NC(=O)c2ccc(S(=O)(=O)NCCC#N)cc2)c1. The minimum absolute atomic E-state index is 0.000115. The number of rotatable bonds is 8. The molecule has 0 atom stereocenters. The molecular formula is C19H21N5O4S. The van der Waals surface area contributed by atoms with E-state index in [-0.39, 0.29) is 29.5 Å². The summed E-state index contributed by atoms with van der Waals surface area (Å²) in [5.74, 6) is -0.429. The number of nitrogens with zero attached hydrogens (tertiary/aromatic N) is 1. The summed E-state index contributed by atoms with van der Waals surface area (Å²) in [5, 5.41) is 16.4. The van der Waals surface area contributed by atoms with Crippen LogP contribution in [-0.2, 0) is 10.0 Å². The van der Waals surface area contributed by atoms with Crippen molar-refractivity contribution in [3.8, 4) is 6.07 Å². The molecule has 0 unspecified atom stereocenters. The highest BCUT2D eigenvalue weighted by atomic mass is 32.2. The van der Waals surface area contributed by atoms with E-state index < -0.39 is 15.9 Å². The molecule has 0 aliphatic heterocycles. The van der Waals surface area contributed by atoms with Crippen LogP contribution in [0.5, 0.6) is 0 Å². The zero-order valence-electron chi connectivity index (χ0n) is 15.7. The fraction of sp³-hybridized carbons (Fsp3) is 0.211. The fourth-order valence-corrected chi connectivity index (χ4v) is 3.36. The van der Waals surface area contributed by atoms with Crippen molar-refractivity contribution in [2.45, 2.75) is 18.2 Å². The van der Waals surface area contributed by atoms with Crippen LogP contribution in [-0.4, -0.2) is 33.4 Å². The number of hydrogen-bond acceptors (Lipinski definition) is 5. The van der Waals surface area contributed by atoms with E-state index in [1.807, 2.05) is 6.07 Å². The van der Waals surface area contributed by atoms with Gasteiger partial charge in [-0.1, -0.05) is 6.07 Å². The van der Waals surface area contributed by atoms with Gasteiger partial charge in [0.1, 0.15) is 0 Å². The molecule has 0 aliphatic rings. The Balaban J connectivity index is 2.04. The van der Waals surface area contributed by atoms with E-state index in [1.54, 1.807) is 31.2 Å². The molecule has 3 amide bonds. The molecule has 0 fully saturated rings. The van der Waals surface area contributed by atoms with Crippen molar-refractivity contribution in [1.82, 2.24) is 10.0 Å². The van der Waals surface area contributed by atoms with Crippen LogP contribution >= 0.6 is 0 Å². The first-order valence-electron chi connectivity index (χ1n) is 8.78. The summed E-state index contributed by atoms with van der Waals surface area (Å²) in [6, 6.07) is 13.6. The molecule has 2 aromatic rings. The molecular weight excluding hydrogens is 394 g/mol. The normalized spacial score (nSPS) is 10.6. The largest absolute Gasteiger partial charge is 0.338 e. The molecule has 9 nitrogen and oxygen atoms in total. The number of urea groups is 1. The molecule has 0 saturated carbocycles. The Morgan fingerprint density at radius 1 is 1.03 bits per heavy atom. The van der Waals surface area contributed by atoms with Crippen LogP contribution in [0, 0.1) is 11.3 Å². The molecule has 0 spiro atoms. The predicted octanol–water partition coefficient (Wildman–Crippen LogP) is 2.27. The van der Waals surface area contributed by atoms with E-state index in [9.17, 15) is 18.0 Å². The number of anilines is 2. The molecule has 2 rings (SSSR count). The van der Waals surface area contributed by atoms with Gasteiger partial charge in [0.25, 0.3) is 5.91 Å². The van der Waals surface area contributed by atoms with Crippen molar-refractivity contribution in [2.75, 3.05) is 23.7 Å². The Kier molecular flexibility index (Phi) is 7.70. The summed E-state index contributed by atoms with van der Waals surface area (Å²) < 4.78 is 26.5. The molecule has 29 heavy (non-hydrogen) atoms. The van der Waals surface area contributed by atoms with Gasteiger partial charge in [-0.25, -0.2) is 17.9 Å². The third kappa shape index (κ3) is 6.60. The summed E-state index contributed by atoms with van der Waals surface area (Å²) in [6.07, 6.45) is 0.0632. The molecule has 0 bridgehead atoms. The van der Waals surface area contributed by atoms with Gasteiger partial charge in [0, 0.05) is 36.4 Å². The molecule has 10 heteroatoms. The van der Waals surface area contributed by atoms with Gasteiger partial charge in [-0.3, -0.25) is 4.79 Å². The number of benzene rings is 2. The van der Waals surface area contributed by atoms with Crippen molar-refractivity contribution in [3.05, 3.63) is 54.1 Å². The van der Waals surface area contributed by atoms with Gasteiger partial charge in [-0.05, 0) is 49.4 Å². The number of hydrogen-bond donors (Lipinski definition) is 4. The lowest BCUT2D eigenvalue weighted by Gasteiger charge is -2.10. The first-order chi connectivity index (χ1) is 13.9. The summed E-state index contributed by atoms with van der Waals surface area (Å²) >= 11 is 0. The number of nitrogens with one attached hydrogen (secondary N) is 4. The van der Waals surface area contributed by atoms with Crippen LogP contribution < -0.4 is 20.7 Å². The monoisotopic (exact) mass is 415 g/mol. The molecule has 0 aromatic heterocycles. The quantitative estimate of drug-likeness (QED) is 0.490. The number of carbonyl (C=O) groups is 2. The Hall–Kier alpha value is -3.42. The third-order valence-electron chi connectivity index (χ3n) is 3.67. The third-order valence-corrected chi connectivity index (χ3v) is 5.15. The molecule has 0 radical (unpaired) electrons. The predicted molar refractivity (Wildman–Crippen MR) is 109 cm³/mol. The van der Waals surface area contributed by atoms with Gasteiger partial charge < -0.3 is 16.0 Å². The minimum atomic E-state index is -3.73. The number of nitriles is 1. The average molecular weight is 415 g/mol. The van der Waals surface area contributed by atoms with Gasteiger partial charge in [0.15, 0.2) is 0 Å². The minimum Gasteiger partial charge on any atom is -0.338 e. The highest BCUT2D eigenvalue weighted by molar-refractivity contribution is 7.89. The van der Waals surface area contributed by atoms with Crippen molar-refractivity contribution in [3.63, 3.8) is 0 Å². The van der Waals surface area contributed by atoms with Crippen LogP contribution in [0.3, 0.4) is 0 Å². The summed E-state index contributed by atoms with van der Waals surface area (Å²) in [4.78, 5) is 24.0. The van der Waals surface area contributed by atoms with Gasteiger partial charge in [-0.15, -0.1) is 0 Å². The molecule has 4 N–H and O–H groups in total. The van der Waals surface area contributed by atoms with E-state index in [2.05, 4.69) is 20.7 Å². The van der Waals surface area contributed by atoms with Crippen LogP contribution in [0.1, 0.15) is 23.7 Å². The van der Waals surface area contributed by atoms with Gasteiger partial charge in [0.05, 0.1) is 11.0 Å². The number of carbonyl (C=O) groups excluding carboxylic acids is 2.